The second-order valence-corrected chi connectivity index (χ2v) is 5.96. The van der Waals surface area contributed by atoms with Gasteiger partial charge in [0, 0.05) is 18.4 Å². The molecule has 2 aromatic rings. The molecule has 2 unspecified atom stereocenters. The Balaban J connectivity index is 1.69. The molecule has 2 atom stereocenters. The molecule has 2 amide bonds. The van der Waals surface area contributed by atoms with E-state index in [-0.39, 0.29) is 25.0 Å². The van der Waals surface area contributed by atoms with Crippen molar-refractivity contribution in [2.24, 2.45) is 7.05 Å². The van der Waals surface area contributed by atoms with Crippen LogP contribution in [0, 0.1) is 6.92 Å². The predicted octanol–water partition coefficient (Wildman–Crippen LogP) is 0.529. The fourth-order valence-corrected chi connectivity index (χ4v) is 2.70. The molecule has 1 aromatic carbocycles. The van der Waals surface area contributed by atoms with Crippen LogP contribution >= 0.6 is 0 Å². The number of carbonyl (C=O) groups is 2. The van der Waals surface area contributed by atoms with Gasteiger partial charge < -0.3 is 20.5 Å². The number of rotatable bonds is 4. The molecule has 8 nitrogen and oxygen atoms in total. The highest BCUT2D eigenvalue weighted by Crippen LogP contribution is 2.25. The quantitative estimate of drug-likeness (QED) is 0.750. The molecule has 0 bridgehead atoms. The number of anilines is 1. The summed E-state index contributed by atoms with van der Waals surface area (Å²) in [5.41, 5.74) is 2.68. The maximum absolute atomic E-state index is 12.2. The van der Waals surface area contributed by atoms with Crippen molar-refractivity contribution < 1.29 is 19.4 Å². The number of benzene rings is 1. The van der Waals surface area contributed by atoms with Crippen LogP contribution in [0.3, 0.4) is 0 Å². The van der Waals surface area contributed by atoms with Gasteiger partial charge in [-0.1, -0.05) is 12.1 Å². The summed E-state index contributed by atoms with van der Waals surface area (Å²) < 4.78 is 7.15. The van der Waals surface area contributed by atoms with Crippen molar-refractivity contribution in [3.8, 4) is 0 Å². The first kappa shape index (κ1) is 17.1. The zero-order chi connectivity index (χ0) is 18.0. The first-order valence-corrected chi connectivity index (χ1v) is 7.91. The van der Waals surface area contributed by atoms with Crippen LogP contribution in [0.4, 0.5) is 5.69 Å². The second kappa shape index (κ2) is 7.04. The standard InChI is InChI=1S/C17H20N4O4/c1-10-7-13(20-21(10)2)17(24)18-12-5-3-11(4-6-12)16-14(8-22)19-15(23)9-25-16/h3-7,14,16,22H,8-9H2,1-2H3,(H,18,24)(H,19,23). The number of carbonyl (C=O) groups excluding carboxylic acids is 2. The van der Waals surface area contributed by atoms with Gasteiger partial charge in [-0.15, -0.1) is 0 Å². The summed E-state index contributed by atoms with van der Waals surface area (Å²) in [5.74, 6) is -0.532. The molecular formula is C17H20N4O4. The highest BCUT2D eigenvalue weighted by molar-refractivity contribution is 6.02. The Bertz CT molecular complexity index is 765. The van der Waals surface area contributed by atoms with Crippen LogP contribution < -0.4 is 10.6 Å². The minimum Gasteiger partial charge on any atom is -0.394 e. The first-order chi connectivity index (χ1) is 12.0. The number of nitrogens with zero attached hydrogens (tertiary/aromatic N) is 2. The summed E-state index contributed by atoms with van der Waals surface area (Å²) in [6.45, 7) is 1.62. The molecule has 1 aliphatic heterocycles. The molecule has 0 spiro atoms. The van der Waals surface area contributed by atoms with Gasteiger partial charge in [-0.05, 0) is 30.7 Å². The van der Waals surface area contributed by atoms with E-state index in [1.54, 1.807) is 42.1 Å². The molecule has 1 aromatic heterocycles. The summed E-state index contributed by atoms with van der Waals surface area (Å²) in [5, 5.41) is 19.0. The number of aryl methyl sites for hydroxylation is 2. The molecule has 8 heteroatoms. The summed E-state index contributed by atoms with van der Waals surface area (Å²) in [4.78, 5) is 23.6. The zero-order valence-corrected chi connectivity index (χ0v) is 14.0. The second-order valence-electron chi connectivity index (χ2n) is 5.96. The number of nitrogens with one attached hydrogen (secondary N) is 2. The summed E-state index contributed by atoms with van der Waals surface area (Å²) in [7, 11) is 1.78. The van der Waals surface area contributed by atoms with Crippen LogP contribution in [-0.2, 0) is 16.6 Å². The summed E-state index contributed by atoms with van der Waals surface area (Å²) in [6.07, 6.45) is -0.425. The molecule has 3 N–H and O–H groups in total. The van der Waals surface area contributed by atoms with Crippen LogP contribution in [0.1, 0.15) is 27.8 Å². The number of aromatic nitrogens is 2. The number of ether oxygens (including phenoxy) is 1. The highest BCUT2D eigenvalue weighted by Gasteiger charge is 2.30. The molecule has 132 valence electrons. The third-order valence-corrected chi connectivity index (χ3v) is 4.15. The fourth-order valence-electron chi connectivity index (χ4n) is 2.70. The molecule has 25 heavy (non-hydrogen) atoms. The zero-order valence-electron chi connectivity index (χ0n) is 14.0. The van der Waals surface area contributed by atoms with Crippen LogP contribution in [0.2, 0.25) is 0 Å². The number of aliphatic hydroxyl groups excluding tert-OH is 1. The average molecular weight is 344 g/mol. The van der Waals surface area contributed by atoms with Gasteiger partial charge in [-0.3, -0.25) is 14.3 Å². The van der Waals surface area contributed by atoms with Crippen LogP contribution in [0.5, 0.6) is 0 Å². The van der Waals surface area contributed by atoms with Gasteiger partial charge in [-0.25, -0.2) is 0 Å². The van der Waals surface area contributed by atoms with Crippen LogP contribution in [0.25, 0.3) is 0 Å². The van der Waals surface area contributed by atoms with Crippen molar-refractivity contribution >= 4 is 17.5 Å². The van der Waals surface area contributed by atoms with Gasteiger partial charge >= 0.3 is 0 Å². The van der Waals surface area contributed by atoms with Crippen molar-refractivity contribution in [3.05, 3.63) is 47.3 Å². The number of amides is 2. The molecule has 1 saturated heterocycles. The monoisotopic (exact) mass is 344 g/mol. The minimum atomic E-state index is -0.488. The molecule has 2 heterocycles. The van der Waals surface area contributed by atoms with Gasteiger partial charge in [0.05, 0.1) is 12.6 Å². The first-order valence-electron chi connectivity index (χ1n) is 7.91. The van der Waals surface area contributed by atoms with E-state index in [1.807, 2.05) is 6.92 Å². The number of hydrogen-bond donors (Lipinski definition) is 3. The van der Waals surface area contributed by atoms with Crippen LogP contribution in [0.15, 0.2) is 30.3 Å². The maximum Gasteiger partial charge on any atom is 0.276 e. The van der Waals surface area contributed by atoms with E-state index in [2.05, 4.69) is 15.7 Å². The predicted molar refractivity (Wildman–Crippen MR) is 90.0 cm³/mol. The van der Waals surface area contributed by atoms with E-state index in [0.29, 0.717) is 11.4 Å². The van der Waals surface area contributed by atoms with Crippen molar-refractivity contribution in [1.29, 1.82) is 0 Å². The number of hydrogen-bond acceptors (Lipinski definition) is 5. The van der Waals surface area contributed by atoms with Crippen molar-refractivity contribution in [1.82, 2.24) is 15.1 Å². The third kappa shape index (κ3) is 3.70. The molecule has 1 fully saturated rings. The molecule has 0 radical (unpaired) electrons. The fraction of sp³-hybridized carbons (Fsp3) is 0.353. The third-order valence-electron chi connectivity index (χ3n) is 4.15. The Morgan fingerprint density at radius 1 is 1.44 bits per heavy atom. The van der Waals surface area contributed by atoms with Gasteiger partial charge in [0.25, 0.3) is 5.91 Å². The lowest BCUT2D eigenvalue weighted by atomic mass is 10.0. The van der Waals surface area contributed by atoms with Gasteiger partial charge in [0.1, 0.15) is 12.7 Å². The topological polar surface area (TPSA) is 105 Å². The van der Waals surface area contributed by atoms with Crippen LogP contribution in [-0.4, -0.2) is 46.0 Å². The normalized spacial score (nSPS) is 20.2. The largest absolute Gasteiger partial charge is 0.394 e. The van der Waals surface area contributed by atoms with E-state index < -0.39 is 12.1 Å². The lowest BCUT2D eigenvalue weighted by molar-refractivity contribution is -0.138. The lowest BCUT2D eigenvalue weighted by Gasteiger charge is -2.31. The Morgan fingerprint density at radius 2 is 2.16 bits per heavy atom. The Kier molecular flexibility index (Phi) is 4.82. The van der Waals surface area contributed by atoms with Crippen molar-refractivity contribution in [3.63, 3.8) is 0 Å². The Hall–Kier alpha value is -2.71. The molecular weight excluding hydrogens is 324 g/mol. The van der Waals surface area contributed by atoms with Crippen molar-refractivity contribution in [2.45, 2.75) is 19.1 Å². The maximum atomic E-state index is 12.2. The van der Waals surface area contributed by atoms with E-state index in [4.69, 9.17) is 4.74 Å². The molecule has 1 aliphatic rings. The number of morpholine rings is 1. The molecule has 0 saturated carbocycles. The molecule has 0 aliphatic carbocycles. The van der Waals surface area contributed by atoms with E-state index in [1.165, 1.54) is 0 Å². The summed E-state index contributed by atoms with van der Waals surface area (Å²) in [6, 6.07) is 8.31. The van der Waals surface area contributed by atoms with E-state index >= 15 is 0 Å². The number of aliphatic hydroxyl groups is 1. The summed E-state index contributed by atoms with van der Waals surface area (Å²) >= 11 is 0. The lowest BCUT2D eigenvalue weighted by Crippen LogP contribution is -2.49. The molecule has 3 rings (SSSR count). The highest BCUT2D eigenvalue weighted by atomic mass is 16.5. The Morgan fingerprint density at radius 3 is 2.76 bits per heavy atom. The van der Waals surface area contributed by atoms with E-state index in [0.717, 1.165) is 11.3 Å². The smallest absolute Gasteiger partial charge is 0.276 e. The van der Waals surface area contributed by atoms with Gasteiger partial charge in [-0.2, -0.15) is 5.10 Å². The Labute approximate surface area is 144 Å². The SMILES string of the molecule is Cc1cc(C(=O)Nc2ccc(C3OCC(=O)NC3CO)cc2)nn1C. The minimum absolute atomic E-state index is 0.0430. The van der Waals surface area contributed by atoms with Crippen molar-refractivity contribution in [2.75, 3.05) is 18.5 Å². The average Bonchev–Trinajstić information content (AvgIpc) is 2.95. The van der Waals surface area contributed by atoms with Gasteiger partial charge in [0.15, 0.2) is 5.69 Å². The van der Waals surface area contributed by atoms with E-state index in [9.17, 15) is 14.7 Å². The van der Waals surface area contributed by atoms with Gasteiger partial charge in [0.2, 0.25) is 5.91 Å².